The minimum atomic E-state index is -0.194. The Hall–Kier alpha value is -1.35. The number of aliphatic hydroxyl groups is 1. The number of hydrogen-bond donors (Lipinski definition) is 1. The zero-order chi connectivity index (χ0) is 18.1. The SMILES string of the molecule is C[C@]12CCC3C(CCC4CC(O)CC[C@@]43C)C1=CC=C2C1=CC(=O)OC1. The van der Waals surface area contributed by atoms with E-state index in [4.69, 9.17) is 4.74 Å². The van der Waals surface area contributed by atoms with Crippen molar-refractivity contribution in [1.29, 1.82) is 0 Å². The van der Waals surface area contributed by atoms with Gasteiger partial charge in [-0.25, -0.2) is 4.79 Å². The van der Waals surface area contributed by atoms with Crippen molar-refractivity contribution in [2.45, 2.75) is 64.9 Å². The van der Waals surface area contributed by atoms with Crippen molar-refractivity contribution < 1.29 is 14.6 Å². The second kappa shape index (κ2) is 5.58. The van der Waals surface area contributed by atoms with Crippen LogP contribution in [0, 0.1) is 28.6 Å². The van der Waals surface area contributed by atoms with Gasteiger partial charge in [-0.1, -0.05) is 31.6 Å². The lowest BCUT2D eigenvalue weighted by atomic mass is 9.46. The number of fused-ring (bicyclic) bond motifs is 5. The van der Waals surface area contributed by atoms with Crippen LogP contribution in [0.4, 0.5) is 0 Å². The molecule has 0 spiro atoms. The van der Waals surface area contributed by atoms with Crippen LogP contribution >= 0.6 is 0 Å². The molecule has 3 fully saturated rings. The first-order chi connectivity index (χ1) is 12.4. The molecule has 3 saturated carbocycles. The number of rotatable bonds is 1. The van der Waals surface area contributed by atoms with Gasteiger partial charge in [-0.3, -0.25) is 0 Å². The van der Waals surface area contributed by atoms with E-state index in [1.807, 2.05) is 0 Å². The van der Waals surface area contributed by atoms with Gasteiger partial charge < -0.3 is 9.84 Å². The molecule has 3 heteroatoms. The highest BCUT2D eigenvalue weighted by Crippen LogP contribution is 2.65. The first-order valence-electron chi connectivity index (χ1n) is 10.4. The molecule has 1 heterocycles. The van der Waals surface area contributed by atoms with E-state index in [0.29, 0.717) is 23.9 Å². The summed E-state index contributed by atoms with van der Waals surface area (Å²) in [5.74, 6) is 1.91. The Morgan fingerprint density at radius 3 is 2.73 bits per heavy atom. The maximum absolute atomic E-state index is 11.6. The van der Waals surface area contributed by atoms with Crippen molar-refractivity contribution >= 4 is 5.97 Å². The predicted octanol–water partition coefficient (Wildman–Crippen LogP) is 4.33. The van der Waals surface area contributed by atoms with Gasteiger partial charge in [-0.2, -0.15) is 0 Å². The molecule has 4 aliphatic carbocycles. The fraction of sp³-hybridized carbons (Fsp3) is 0.696. The normalized spacial score (nSPS) is 47.2. The highest BCUT2D eigenvalue weighted by molar-refractivity contribution is 5.87. The highest BCUT2D eigenvalue weighted by atomic mass is 16.5. The molecule has 1 N–H and O–H groups in total. The average Bonchev–Trinajstić information content (AvgIpc) is 3.18. The van der Waals surface area contributed by atoms with Gasteiger partial charge >= 0.3 is 5.97 Å². The molecule has 0 aromatic carbocycles. The van der Waals surface area contributed by atoms with Crippen molar-refractivity contribution in [3.63, 3.8) is 0 Å². The lowest BCUT2D eigenvalue weighted by Crippen LogP contribution is -2.51. The molecular weight excluding hydrogens is 324 g/mol. The van der Waals surface area contributed by atoms with Crippen molar-refractivity contribution in [1.82, 2.24) is 0 Å². The van der Waals surface area contributed by atoms with E-state index >= 15 is 0 Å². The van der Waals surface area contributed by atoms with Crippen LogP contribution in [0.2, 0.25) is 0 Å². The maximum Gasteiger partial charge on any atom is 0.331 e. The zero-order valence-electron chi connectivity index (χ0n) is 16.0. The first kappa shape index (κ1) is 16.8. The summed E-state index contributed by atoms with van der Waals surface area (Å²) in [4.78, 5) is 11.6. The third-order valence-electron chi connectivity index (χ3n) is 8.69. The van der Waals surface area contributed by atoms with Gasteiger partial charge in [0.05, 0.1) is 6.10 Å². The molecule has 0 saturated heterocycles. The van der Waals surface area contributed by atoms with Crippen LogP contribution in [-0.4, -0.2) is 23.8 Å². The minimum absolute atomic E-state index is 0.0794. The predicted molar refractivity (Wildman–Crippen MR) is 100 cm³/mol. The summed E-state index contributed by atoms with van der Waals surface area (Å²) in [5.41, 5.74) is 4.48. The van der Waals surface area contributed by atoms with Crippen LogP contribution in [0.5, 0.6) is 0 Å². The van der Waals surface area contributed by atoms with E-state index in [1.165, 1.54) is 37.7 Å². The van der Waals surface area contributed by atoms with Crippen molar-refractivity contribution in [2.75, 3.05) is 6.61 Å². The summed E-state index contributed by atoms with van der Waals surface area (Å²) < 4.78 is 5.19. The van der Waals surface area contributed by atoms with Crippen LogP contribution in [0.25, 0.3) is 0 Å². The number of aliphatic hydroxyl groups excluding tert-OH is 1. The number of ether oxygens (including phenoxy) is 1. The molecule has 6 atom stereocenters. The van der Waals surface area contributed by atoms with Gasteiger partial charge in [0.1, 0.15) is 6.61 Å². The average molecular weight is 354 g/mol. The van der Waals surface area contributed by atoms with Crippen molar-refractivity contribution in [3.8, 4) is 0 Å². The van der Waals surface area contributed by atoms with Crippen LogP contribution in [-0.2, 0) is 9.53 Å². The molecule has 0 aromatic heterocycles. The monoisotopic (exact) mass is 354 g/mol. The van der Waals surface area contributed by atoms with E-state index in [2.05, 4.69) is 26.0 Å². The molecule has 0 bridgehead atoms. The summed E-state index contributed by atoms with van der Waals surface area (Å²) >= 11 is 0. The molecule has 0 radical (unpaired) electrons. The molecule has 4 unspecified atom stereocenters. The second-order valence-corrected chi connectivity index (χ2v) is 9.77. The van der Waals surface area contributed by atoms with E-state index in [9.17, 15) is 9.90 Å². The quantitative estimate of drug-likeness (QED) is 0.713. The Morgan fingerprint density at radius 2 is 1.96 bits per heavy atom. The lowest BCUT2D eigenvalue weighted by Gasteiger charge is -2.59. The summed E-state index contributed by atoms with van der Waals surface area (Å²) in [7, 11) is 0. The van der Waals surface area contributed by atoms with E-state index in [-0.39, 0.29) is 17.5 Å². The van der Waals surface area contributed by atoms with Crippen LogP contribution in [0.1, 0.15) is 58.8 Å². The van der Waals surface area contributed by atoms with Crippen LogP contribution in [0.15, 0.2) is 34.9 Å². The van der Waals surface area contributed by atoms with E-state index in [1.54, 1.807) is 11.6 Å². The Kier molecular flexibility index (Phi) is 3.60. The molecule has 1 aliphatic heterocycles. The molecule has 5 aliphatic rings. The smallest absolute Gasteiger partial charge is 0.331 e. The Morgan fingerprint density at radius 1 is 1.12 bits per heavy atom. The third kappa shape index (κ3) is 2.19. The van der Waals surface area contributed by atoms with Gasteiger partial charge in [-0.15, -0.1) is 0 Å². The van der Waals surface area contributed by atoms with Gasteiger partial charge in [0.25, 0.3) is 0 Å². The topological polar surface area (TPSA) is 46.5 Å². The summed E-state index contributed by atoms with van der Waals surface area (Å²) in [6, 6.07) is 0. The maximum atomic E-state index is 11.6. The van der Waals surface area contributed by atoms with Crippen LogP contribution in [0.3, 0.4) is 0 Å². The lowest BCUT2D eigenvalue weighted by molar-refractivity contribution is -0.134. The summed E-state index contributed by atoms with van der Waals surface area (Å²) in [6.45, 7) is 5.34. The van der Waals surface area contributed by atoms with Gasteiger partial charge in [-0.05, 0) is 73.7 Å². The minimum Gasteiger partial charge on any atom is -0.458 e. The number of carbonyl (C=O) groups is 1. The number of esters is 1. The highest BCUT2D eigenvalue weighted by Gasteiger charge is 2.56. The van der Waals surface area contributed by atoms with E-state index in [0.717, 1.165) is 24.3 Å². The zero-order valence-corrected chi connectivity index (χ0v) is 16.0. The van der Waals surface area contributed by atoms with Gasteiger partial charge in [0.2, 0.25) is 0 Å². The molecule has 5 rings (SSSR count). The molecule has 26 heavy (non-hydrogen) atoms. The Bertz CT molecular complexity index is 745. The number of hydrogen-bond acceptors (Lipinski definition) is 3. The van der Waals surface area contributed by atoms with Crippen molar-refractivity contribution in [2.24, 2.45) is 28.6 Å². The largest absolute Gasteiger partial charge is 0.458 e. The summed E-state index contributed by atoms with van der Waals surface area (Å²) in [5, 5.41) is 10.2. The molecule has 0 amide bonds. The fourth-order valence-corrected chi connectivity index (χ4v) is 7.22. The summed E-state index contributed by atoms with van der Waals surface area (Å²) in [6.07, 6.45) is 14.4. The van der Waals surface area contributed by atoms with Crippen molar-refractivity contribution in [3.05, 3.63) is 34.9 Å². The fourth-order valence-electron chi connectivity index (χ4n) is 7.22. The third-order valence-corrected chi connectivity index (χ3v) is 8.69. The van der Waals surface area contributed by atoms with Gasteiger partial charge in [0, 0.05) is 17.1 Å². The molecule has 0 aromatic rings. The second-order valence-electron chi connectivity index (χ2n) is 9.77. The molecular formula is C23H30O3. The number of carbonyl (C=O) groups excluding carboxylic acids is 1. The van der Waals surface area contributed by atoms with Gasteiger partial charge in [0.15, 0.2) is 0 Å². The number of allylic oxidation sites excluding steroid dienone is 3. The number of cyclic esters (lactones) is 1. The first-order valence-corrected chi connectivity index (χ1v) is 10.4. The van der Waals surface area contributed by atoms with E-state index < -0.39 is 0 Å². The van der Waals surface area contributed by atoms with Crippen LogP contribution < -0.4 is 0 Å². The Labute approximate surface area is 156 Å². The molecule has 3 nitrogen and oxygen atoms in total. The standard InChI is InChI=1S/C23H30O3/c1-22-9-7-16(24)12-15(22)3-4-17-19-6-5-18(14-11-21(25)26-13-14)23(19,2)10-8-20(17)22/h5-6,11,15-17,20,24H,3-4,7-10,12-13H2,1-2H3/t15?,16?,17?,20?,22-,23+/m0/s1. The Balaban J connectivity index is 1.44. The molecule has 140 valence electrons.